The Labute approximate surface area is 85.0 Å². The molecule has 0 unspecified atom stereocenters. The van der Waals surface area contributed by atoms with Crippen molar-refractivity contribution in [1.82, 2.24) is 4.98 Å². The molecule has 1 aromatic rings. The third-order valence-electron chi connectivity index (χ3n) is 2.79. The SMILES string of the molecule is C#Cc1cncc(N2CCCC2)c1C. The van der Waals surface area contributed by atoms with Gasteiger partial charge in [0.2, 0.25) is 0 Å². The van der Waals surface area contributed by atoms with Gasteiger partial charge in [-0.2, -0.15) is 0 Å². The summed E-state index contributed by atoms with van der Waals surface area (Å²) in [5.74, 6) is 2.67. The van der Waals surface area contributed by atoms with Crippen LogP contribution in [0.3, 0.4) is 0 Å². The lowest BCUT2D eigenvalue weighted by atomic mass is 10.1. The van der Waals surface area contributed by atoms with Gasteiger partial charge in [0.25, 0.3) is 0 Å². The summed E-state index contributed by atoms with van der Waals surface area (Å²) in [4.78, 5) is 6.54. The smallest absolute Gasteiger partial charge is 0.0594 e. The van der Waals surface area contributed by atoms with Crippen molar-refractivity contribution >= 4 is 5.69 Å². The summed E-state index contributed by atoms with van der Waals surface area (Å²) in [7, 11) is 0. The summed E-state index contributed by atoms with van der Waals surface area (Å²) in [6.07, 6.45) is 11.6. The minimum Gasteiger partial charge on any atom is -0.370 e. The van der Waals surface area contributed by atoms with Gasteiger partial charge in [-0.25, -0.2) is 0 Å². The van der Waals surface area contributed by atoms with Crippen LogP contribution in [0.4, 0.5) is 5.69 Å². The van der Waals surface area contributed by atoms with Gasteiger partial charge in [-0.3, -0.25) is 4.98 Å². The number of terminal acetylenes is 1. The van der Waals surface area contributed by atoms with Crippen molar-refractivity contribution < 1.29 is 0 Å². The van der Waals surface area contributed by atoms with E-state index in [0.717, 1.165) is 18.7 Å². The number of rotatable bonds is 1. The number of hydrogen-bond acceptors (Lipinski definition) is 2. The van der Waals surface area contributed by atoms with Gasteiger partial charge in [0.05, 0.1) is 11.9 Å². The fraction of sp³-hybridized carbons (Fsp3) is 0.417. The summed E-state index contributed by atoms with van der Waals surface area (Å²) in [6, 6.07) is 0. The highest BCUT2D eigenvalue weighted by atomic mass is 15.1. The van der Waals surface area contributed by atoms with Crippen LogP contribution in [0.2, 0.25) is 0 Å². The lowest BCUT2D eigenvalue weighted by Crippen LogP contribution is -2.19. The normalized spacial score (nSPS) is 15.6. The maximum absolute atomic E-state index is 5.41. The second kappa shape index (κ2) is 3.71. The maximum atomic E-state index is 5.41. The molecule has 0 saturated carbocycles. The van der Waals surface area contributed by atoms with E-state index in [0.29, 0.717) is 0 Å². The Morgan fingerprint density at radius 3 is 2.71 bits per heavy atom. The minimum absolute atomic E-state index is 0.911. The standard InChI is InChI=1S/C12H14N2/c1-3-11-8-13-9-12(10(11)2)14-6-4-5-7-14/h1,8-9H,4-7H2,2H3. The molecule has 1 aliphatic rings. The molecule has 0 aromatic carbocycles. The van der Waals surface area contributed by atoms with E-state index in [1.165, 1.54) is 24.1 Å². The Morgan fingerprint density at radius 2 is 2.07 bits per heavy atom. The van der Waals surface area contributed by atoms with Crippen LogP contribution in [0.1, 0.15) is 24.0 Å². The fourth-order valence-electron chi connectivity index (χ4n) is 1.94. The van der Waals surface area contributed by atoms with E-state index in [-0.39, 0.29) is 0 Å². The monoisotopic (exact) mass is 186 g/mol. The Morgan fingerprint density at radius 1 is 1.36 bits per heavy atom. The zero-order valence-electron chi connectivity index (χ0n) is 8.45. The summed E-state index contributed by atoms with van der Waals surface area (Å²) in [5.41, 5.74) is 3.30. The summed E-state index contributed by atoms with van der Waals surface area (Å²) in [5, 5.41) is 0. The van der Waals surface area contributed by atoms with Gasteiger partial charge in [-0.05, 0) is 25.3 Å². The summed E-state index contributed by atoms with van der Waals surface area (Å²) in [6.45, 7) is 4.34. The molecule has 2 nitrogen and oxygen atoms in total. The van der Waals surface area contributed by atoms with Gasteiger partial charge < -0.3 is 4.90 Å². The molecule has 2 rings (SSSR count). The molecular weight excluding hydrogens is 172 g/mol. The second-order valence-corrected chi connectivity index (χ2v) is 3.67. The van der Waals surface area contributed by atoms with Crippen LogP contribution in [0.25, 0.3) is 0 Å². The summed E-state index contributed by atoms with van der Waals surface area (Å²) < 4.78 is 0. The minimum atomic E-state index is 0.911. The zero-order chi connectivity index (χ0) is 9.97. The Kier molecular flexibility index (Phi) is 2.41. The van der Waals surface area contributed by atoms with Gasteiger partial charge in [0, 0.05) is 24.8 Å². The molecule has 1 aromatic heterocycles. The molecule has 0 bridgehead atoms. The van der Waals surface area contributed by atoms with Crippen LogP contribution in [0, 0.1) is 19.3 Å². The van der Waals surface area contributed by atoms with Crippen LogP contribution < -0.4 is 4.90 Å². The van der Waals surface area contributed by atoms with E-state index in [4.69, 9.17) is 6.42 Å². The molecule has 72 valence electrons. The van der Waals surface area contributed by atoms with Crippen LogP contribution in [0.5, 0.6) is 0 Å². The van der Waals surface area contributed by atoms with Crippen LogP contribution in [-0.2, 0) is 0 Å². The maximum Gasteiger partial charge on any atom is 0.0594 e. The number of pyridine rings is 1. The van der Waals surface area contributed by atoms with Gasteiger partial charge in [0.1, 0.15) is 0 Å². The highest BCUT2D eigenvalue weighted by molar-refractivity contribution is 5.58. The van der Waals surface area contributed by atoms with E-state index in [1.54, 1.807) is 6.20 Å². The van der Waals surface area contributed by atoms with Crippen LogP contribution in [-0.4, -0.2) is 18.1 Å². The van der Waals surface area contributed by atoms with Crippen molar-refractivity contribution in [2.75, 3.05) is 18.0 Å². The number of nitrogens with zero attached hydrogens (tertiary/aromatic N) is 2. The molecule has 2 heterocycles. The predicted octanol–water partition coefficient (Wildman–Crippen LogP) is 1.97. The lowest BCUT2D eigenvalue weighted by Gasteiger charge is -2.19. The average Bonchev–Trinajstić information content (AvgIpc) is 2.71. The Hall–Kier alpha value is -1.49. The zero-order valence-corrected chi connectivity index (χ0v) is 8.45. The lowest BCUT2D eigenvalue weighted by molar-refractivity contribution is 0.949. The fourth-order valence-corrected chi connectivity index (χ4v) is 1.94. The van der Waals surface area contributed by atoms with Crippen LogP contribution in [0.15, 0.2) is 12.4 Å². The van der Waals surface area contributed by atoms with Crippen molar-refractivity contribution in [2.24, 2.45) is 0 Å². The molecule has 0 atom stereocenters. The molecule has 0 spiro atoms. The average molecular weight is 186 g/mol. The first-order chi connectivity index (χ1) is 6.83. The molecule has 1 aliphatic heterocycles. The number of anilines is 1. The molecule has 0 amide bonds. The molecular formula is C12H14N2. The Bertz CT molecular complexity index is 370. The van der Waals surface area contributed by atoms with E-state index < -0.39 is 0 Å². The topological polar surface area (TPSA) is 16.1 Å². The van der Waals surface area contributed by atoms with Gasteiger partial charge in [0.15, 0.2) is 0 Å². The van der Waals surface area contributed by atoms with E-state index in [2.05, 4.69) is 22.7 Å². The molecule has 14 heavy (non-hydrogen) atoms. The number of hydrogen-bond donors (Lipinski definition) is 0. The van der Waals surface area contributed by atoms with Crippen molar-refractivity contribution in [3.63, 3.8) is 0 Å². The van der Waals surface area contributed by atoms with E-state index >= 15 is 0 Å². The van der Waals surface area contributed by atoms with Crippen molar-refractivity contribution in [3.8, 4) is 12.3 Å². The van der Waals surface area contributed by atoms with E-state index in [9.17, 15) is 0 Å². The first kappa shape index (κ1) is 9.08. The predicted molar refractivity (Wildman–Crippen MR) is 58.4 cm³/mol. The highest BCUT2D eigenvalue weighted by Gasteiger charge is 2.15. The molecule has 0 N–H and O–H groups in total. The van der Waals surface area contributed by atoms with E-state index in [1.807, 2.05) is 6.20 Å². The molecule has 1 saturated heterocycles. The van der Waals surface area contributed by atoms with Gasteiger partial charge >= 0.3 is 0 Å². The van der Waals surface area contributed by atoms with Crippen molar-refractivity contribution in [2.45, 2.75) is 19.8 Å². The molecule has 2 heteroatoms. The molecule has 1 fully saturated rings. The third kappa shape index (κ3) is 1.46. The highest BCUT2D eigenvalue weighted by Crippen LogP contribution is 2.24. The van der Waals surface area contributed by atoms with Crippen LogP contribution >= 0.6 is 0 Å². The number of aromatic nitrogens is 1. The van der Waals surface area contributed by atoms with Crippen molar-refractivity contribution in [3.05, 3.63) is 23.5 Å². The third-order valence-corrected chi connectivity index (χ3v) is 2.79. The van der Waals surface area contributed by atoms with Gasteiger partial charge in [-0.15, -0.1) is 6.42 Å². The van der Waals surface area contributed by atoms with Gasteiger partial charge in [-0.1, -0.05) is 5.92 Å². The second-order valence-electron chi connectivity index (χ2n) is 3.67. The Balaban J connectivity index is 2.38. The molecule has 0 aliphatic carbocycles. The first-order valence-corrected chi connectivity index (χ1v) is 4.99. The van der Waals surface area contributed by atoms with Crippen molar-refractivity contribution in [1.29, 1.82) is 0 Å². The first-order valence-electron chi connectivity index (χ1n) is 4.99. The molecule has 0 radical (unpaired) electrons. The summed E-state index contributed by atoms with van der Waals surface area (Å²) >= 11 is 0. The quantitative estimate of drug-likeness (QED) is 0.623. The largest absolute Gasteiger partial charge is 0.370 e.